The molecule has 27 heavy (non-hydrogen) atoms. The molecular weight excluding hydrogens is 355 g/mol. The Morgan fingerprint density at radius 1 is 0.963 bits per heavy atom. The third kappa shape index (κ3) is 3.03. The molecule has 0 spiro atoms. The van der Waals surface area contributed by atoms with E-state index in [4.69, 9.17) is 0 Å². The van der Waals surface area contributed by atoms with Crippen LogP contribution in [0.3, 0.4) is 0 Å². The van der Waals surface area contributed by atoms with Crippen molar-refractivity contribution < 1.29 is 18.0 Å². The second-order valence-corrected chi connectivity index (χ2v) is 6.66. The van der Waals surface area contributed by atoms with E-state index in [1.807, 2.05) is 53.3 Å². The Morgan fingerprint density at radius 2 is 1.63 bits per heavy atom. The summed E-state index contributed by atoms with van der Waals surface area (Å²) in [5.74, 6) is -0.203. The Kier molecular flexibility index (Phi) is 4.09. The van der Waals surface area contributed by atoms with Crippen molar-refractivity contribution in [3.8, 4) is 0 Å². The average Bonchev–Trinajstić information content (AvgIpc) is 3.11. The van der Waals surface area contributed by atoms with Gasteiger partial charge in [-0.2, -0.15) is 13.2 Å². The molecule has 4 rings (SSSR count). The minimum absolute atomic E-state index is 0.0149. The summed E-state index contributed by atoms with van der Waals surface area (Å²) < 4.78 is 38.3. The summed E-state index contributed by atoms with van der Waals surface area (Å²) in [5, 5.41) is 4.01. The number of hydrazine groups is 1. The molecule has 0 aromatic heterocycles. The minimum atomic E-state index is -4.39. The number of halogens is 3. The highest BCUT2D eigenvalue weighted by molar-refractivity contribution is 6.06. The van der Waals surface area contributed by atoms with E-state index in [1.54, 1.807) is 4.90 Å². The Balaban J connectivity index is 1.59. The lowest BCUT2D eigenvalue weighted by Crippen LogP contribution is -2.57. The van der Waals surface area contributed by atoms with Crippen LogP contribution in [-0.2, 0) is 11.0 Å². The molecule has 0 bridgehead atoms. The van der Waals surface area contributed by atoms with Crippen molar-refractivity contribution in [2.24, 2.45) is 0 Å². The number of piperazine rings is 1. The van der Waals surface area contributed by atoms with Crippen molar-refractivity contribution in [3.63, 3.8) is 0 Å². The van der Waals surface area contributed by atoms with Crippen LogP contribution in [0.15, 0.2) is 66.4 Å². The summed E-state index contributed by atoms with van der Waals surface area (Å²) in [4.78, 5) is 14.5. The number of hydrogen-bond acceptors (Lipinski definition) is 3. The number of hydrogen-bond donors (Lipinski definition) is 0. The summed E-state index contributed by atoms with van der Waals surface area (Å²) in [6, 6.07) is 14.5. The smallest absolute Gasteiger partial charge is 0.305 e. The molecule has 0 aliphatic carbocycles. The van der Waals surface area contributed by atoms with Gasteiger partial charge < -0.3 is 4.90 Å². The van der Waals surface area contributed by atoms with E-state index in [0.717, 1.165) is 17.8 Å². The molecule has 7 heteroatoms. The van der Waals surface area contributed by atoms with Gasteiger partial charge in [-0.05, 0) is 49.4 Å². The molecule has 2 aliphatic rings. The number of benzene rings is 2. The van der Waals surface area contributed by atoms with Crippen LogP contribution < -0.4 is 9.91 Å². The number of carbonyl (C=O) groups is 1. The predicted molar refractivity (Wildman–Crippen MR) is 97.0 cm³/mol. The first-order valence-electron chi connectivity index (χ1n) is 8.67. The van der Waals surface area contributed by atoms with Crippen molar-refractivity contribution in [2.45, 2.75) is 19.1 Å². The summed E-state index contributed by atoms with van der Waals surface area (Å²) >= 11 is 0. The molecule has 0 N–H and O–H groups in total. The highest BCUT2D eigenvalue weighted by Crippen LogP contribution is 2.35. The number of nitrogens with zero attached hydrogens (tertiary/aromatic N) is 3. The Hall–Kier alpha value is -2.96. The summed E-state index contributed by atoms with van der Waals surface area (Å²) in [6.45, 7) is 2.97. The van der Waals surface area contributed by atoms with Crippen molar-refractivity contribution in [1.82, 2.24) is 5.01 Å². The van der Waals surface area contributed by atoms with E-state index in [9.17, 15) is 18.0 Å². The van der Waals surface area contributed by atoms with Crippen molar-refractivity contribution in [2.75, 3.05) is 23.0 Å². The van der Waals surface area contributed by atoms with Gasteiger partial charge in [0.2, 0.25) is 0 Å². The highest BCUT2D eigenvalue weighted by atomic mass is 19.4. The lowest BCUT2D eigenvalue weighted by molar-refractivity contribution is -0.137. The SMILES string of the molecule is C[C@H]1CN(c2ccc(C(F)(F)F)cc2)C(=O)C2=CCN(c3ccccc3)N21. The third-order valence-corrected chi connectivity index (χ3v) is 4.85. The van der Waals surface area contributed by atoms with Crippen LogP contribution in [0.5, 0.6) is 0 Å². The lowest BCUT2D eigenvalue weighted by atomic mass is 10.1. The normalized spacial score (nSPS) is 20.0. The van der Waals surface area contributed by atoms with Gasteiger partial charge in [0.25, 0.3) is 5.91 Å². The van der Waals surface area contributed by atoms with E-state index in [2.05, 4.69) is 0 Å². The van der Waals surface area contributed by atoms with Gasteiger partial charge >= 0.3 is 6.18 Å². The molecule has 0 saturated carbocycles. The molecule has 2 aromatic carbocycles. The molecule has 0 unspecified atom stereocenters. The van der Waals surface area contributed by atoms with Crippen LogP contribution in [-0.4, -0.2) is 30.0 Å². The maximum absolute atomic E-state index is 13.0. The van der Waals surface area contributed by atoms with Gasteiger partial charge in [0.05, 0.1) is 23.8 Å². The zero-order valence-corrected chi connectivity index (χ0v) is 14.6. The van der Waals surface area contributed by atoms with Crippen LogP contribution in [0.1, 0.15) is 12.5 Å². The number of fused-ring (bicyclic) bond motifs is 1. The maximum atomic E-state index is 13.0. The van der Waals surface area contributed by atoms with Crippen molar-refractivity contribution >= 4 is 17.3 Å². The van der Waals surface area contributed by atoms with Gasteiger partial charge in [-0.1, -0.05) is 18.2 Å². The summed E-state index contributed by atoms with van der Waals surface area (Å²) in [7, 11) is 0. The second-order valence-electron chi connectivity index (χ2n) is 6.66. The molecule has 1 saturated heterocycles. The quantitative estimate of drug-likeness (QED) is 0.794. The topological polar surface area (TPSA) is 26.8 Å². The van der Waals surface area contributed by atoms with Gasteiger partial charge in [0, 0.05) is 12.2 Å². The molecule has 0 radical (unpaired) electrons. The van der Waals surface area contributed by atoms with Crippen molar-refractivity contribution in [1.29, 1.82) is 0 Å². The fraction of sp³-hybridized carbons (Fsp3) is 0.250. The zero-order valence-electron chi connectivity index (χ0n) is 14.6. The predicted octanol–water partition coefficient (Wildman–Crippen LogP) is 4.06. The Labute approximate surface area is 155 Å². The number of carbonyl (C=O) groups excluding carboxylic acids is 1. The van der Waals surface area contributed by atoms with Gasteiger partial charge in [-0.3, -0.25) is 14.8 Å². The largest absolute Gasteiger partial charge is 0.416 e. The zero-order chi connectivity index (χ0) is 19.2. The molecule has 4 nitrogen and oxygen atoms in total. The van der Waals surface area contributed by atoms with Crippen LogP contribution in [0.4, 0.5) is 24.5 Å². The Bertz CT molecular complexity index is 878. The van der Waals surface area contributed by atoms with Crippen LogP contribution in [0.2, 0.25) is 0 Å². The van der Waals surface area contributed by atoms with Crippen LogP contribution >= 0.6 is 0 Å². The first-order valence-corrected chi connectivity index (χ1v) is 8.67. The number of rotatable bonds is 2. The molecule has 140 valence electrons. The maximum Gasteiger partial charge on any atom is 0.416 e. The second kappa shape index (κ2) is 6.33. The lowest BCUT2D eigenvalue weighted by Gasteiger charge is -2.44. The Morgan fingerprint density at radius 3 is 2.26 bits per heavy atom. The average molecular weight is 373 g/mol. The fourth-order valence-electron chi connectivity index (χ4n) is 3.59. The van der Waals surface area contributed by atoms with Crippen LogP contribution in [0, 0.1) is 0 Å². The molecule has 1 amide bonds. The molecule has 2 aliphatic heterocycles. The number of alkyl halides is 3. The van der Waals surface area contributed by atoms with E-state index >= 15 is 0 Å². The van der Waals surface area contributed by atoms with E-state index < -0.39 is 11.7 Å². The first kappa shape index (κ1) is 17.5. The minimum Gasteiger partial charge on any atom is -0.305 e. The number of para-hydroxylation sites is 1. The molecule has 1 fully saturated rings. The van der Waals surface area contributed by atoms with Gasteiger partial charge in [-0.15, -0.1) is 0 Å². The molecule has 1 atom stereocenters. The fourth-order valence-corrected chi connectivity index (χ4v) is 3.59. The molecular formula is C20H18F3N3O. The highest BCUT2D eigenvalue weighted by Gasteiger charge is 2.40. The third-order valence-electron chi connectivity index (χ3n) is 4.85. The first-order chi connectivity index (χ1) is 12.9. The van der Waals surface area contributed by atoms with Crippen molar-refractivity contribution in [3.05, 3.63) is 71.9 Å². The summed E-state index contributed by atoms with van der Waals surface area (Å²) in [6.07, 6.45) is -2.53. The van der Waals surface area contributed by atoms with E-state index in [0.29, 0.717) is 24.5 Å². The molecule has 2 heterocycles. The van der Waals surface area contributed by atoms with Gasteiger partial charge in [-0.25, -0.2) is 0 Å². The number of anilines is 2. The van der Waals surface area contributed by atoms with E-state index in [1.165, 1.54) is 12.1 Å². The standard InChI is InChI=1S/C20H18F3N3O/c1-14-13-24(16-9-7-15(8-10-16)20(21,22)23)19(27)18-11-12-25(26(14)18)17-5-3-2-4-6-17/h2-11,14H,12-13H2,1H3/t14-/m0/s1. The van der Waals surface area contributed by atoms with E-state index in [-0.39, 0.29) is 11.9 Å². The van der Waals surface area contributed by atoms with Crippen LogP contribution in [0.25, 0.3) is 0 Å². The molecule has 2 aromatic rings. The monoisotopic (exact) mass is 373 g/mol. The van der Waals surface area contributed by atoms with Gasteiger partial charge in [0.15, 0.2) is 0 Å². The summed E-state index contributed by atoms with van der Waals surface area (Å²) in [5.41, 5.74) is 1.29. The van der Waals surface area contributed by atoms with Gasteiger partial charge in [0.1, 0.15) is 5.70 Å². The number of amides is 1.